The highest BCUT2D eigenvalue weighted by Gasteiger charge is 2.24. The largest absolute Gasteiger partial charge is 0.207 e. The Kier molecular flexibility index (Phi) is 30.7. The third-order valence-corrected chi connectivity index (χ3v) is 16.2. The Morgan fingerprint density at radius 2 is 0.784 bits per heavy atom. The molecule has 0 aliphatic rings. The Balaban J connectivity index is 0.000000513. The van der Waals surface area contributed by atoms with Crippen LogP contribution in [0.15, 0.2) is 124 Å². The molecule has 0 atom stereocenters. The van der Waals surface area contributed by atoms with Gasteiger partial charge in [-0.25, -0.2) is 30.7 Å². The number of aryl methyl sites for hydroxylation is 2. The summed E-state index contributed by atoms with van der Waals surface area (Å²) in [6.07, 6.45) is 10.5. The van der Waals surface area contributed by atoms with Gasteiger partial charge in [-0.2, -0.15) is 0 Å². The zero-order valence-corrected chi connectivity index (χ0v) is 61.1. The maximum atomic E-state index is 13.4. The van der Waals surface area contributed by atoms with E-state index in [1.807, 2.05) is 84.9 Å². The lowest BCUT2D eigenvalue weighted by molar-refractivity contribution is 0.511. The van der Waals surface area contributed by atoms with E-state index in [1.54, 1.807) is 25.1 Å². The van der Waals surface area contributed by atoms with Gasteiger partial charge < -0.3 is 0 Å². The smallest absolute Gasteiger partial charge is 0.148 e. The van der Waals surface area contributed by atoms with Gasteiger partial charge in [-0.15, -0.1) is 12.8 Å². The molecule has 478 valence electrons. The molecule has 7 aromatic carbocycles. The summed E-state index contributed by atoms with van der Waals surface area (Å²) < 4.78 is 92.7. The molecule has 0 saturated carbocycles. The predicted molar refractivity (Wildman–Crippen MR) is 371 cm³/mol. The van der Waals surface area contributed by atoms with E-state index in [4.69, 9.17) is 47.6 Å². The minimum absolute atomic E-state index is 0.0132. The lowest BCUT2D eigenvalue weighted by atomic mass is 9.86. The maximum absolute atomic E-state index is 13.4. The second-order valence-electron chi connectivity index (χ2n) is 28.4. The van der Waals surface area contributed by atoms with Gasteiger partial charge >= 0.3 is 0 Å². The van der Waals surface area contributed by atoms with Crippen molar-refractivity contribution in [3.63, 3.8) is 0 Å². The summed E-state index contributed by atoms with van der Waals surface area (Å²) in [6, 6.07) is 32.2. The van der Waals surface area contributed by atoms with E-state index < -0.39 is 16.7 Å². The van der Waals surface area contributed by atoms with Crippen LogP contribution in [0.1, 0.15) is 207 Å². The van der Waals surface area contributed by atoms with E-state index in [0.717, 1.165) is 43.4 Å². The molecule has 0 radical (unpaired) electrons. The molecular formula is C76H90Br2Cl3F7. The van der Waals surface area contributed by atoms with Crippen LogP contribution in [-0.2, 0) is 37.9 Å². The van der Waals surface area contributed by atoms with Gasteiger partial charge in [-0.05, 0) is 178 Å². The van der Waals surface area contributed by atoms with E-state index in [0.29, 0.717) is 20.6 Å². The van der Waals surface area contributed by atoms with Crippen LogP contribution in [0.5, 0.6) is 0 Å². The zero-order chi connectivity index (χ0) is 68.6. The van der Waals surface area contributed by atoms with Crippen LogP contribution in [0, 0.1) is 79.3 Å². The van der Waals surface area contributed by atoms with Gasteiger partial charge in [0.15, 0.2) is 0 Å². The monoisotopic (exact) mass is 1400 g/mol. The highest BCUT2D eigenvalue weighted by Crippen LogP contribution is 2.37. The number of benzene rings is 7. The fraction of sp³-hybridized carbons (Fsp3) is 0.395. The fourth-order valence-electron chi connectivity index (χ4n) is 7.83. The van der Waals surface area contributed by atoms with Gasteiger partial charge in [0.05, 0.1) is 10.6 Å². The van der Waals surface area contributed by atoms with Crippen LogP contribution in [-0.4, -0.2) is 0 Å². The summed E-state index contributed by atoms with van der Waals surface area (Å²) in [6.45, 7) is 46.8. The van der Waals surface area contributed by atoms with Crippen molar-refractivity contribution in [3.05, 3.63) is 241 Å². The first-order valence-electron chi connectivity index (χ1n) is 28.6. The summed E-state index contributed by atoms with van der Waals surface area (Å²) in [5.74, 6) is 2.35. The molecule has 0 nitrogen and oxygen atoms in total. The third kappa shape index (κ3) is 26.4. The molecule has 0 amide bonds. The molecule has 0 bridgehead atoms. The lowest BCUT2D eigenvalue weighted by Gasteiger charge is -2.21. The van der Waals surface area contributed by atoms with Crippen LogP contribution in [0.4, 0.5) is 30.7 Å². The topological polar surface area (TPSA) is 0 Å². The van der Waals surface area contributed by atoms with Crippen molar-refractivity contribution < 1.29 is 30.7 Å². The third-order valence-electron chi connectivity index (χ3n) is 13.4. The van der Waals surface area contributed by atoms with Gasteiger partial charge in [-0.1, -0.05) is 263 Å². The molecule has 0 aromatic heterocycles. The summed E-state index contributed by atoms with van der Waals surface area (Å²) >= 11 is 23.6. The van der Waals surface area contributed by atoms with Crippen molar-refractivity contribution in [3.8, 4) is 24.7 Å². The molecule has 0 aliphatic heterocycles. The molecule has 0 spiro atoms. The minimum Gasteiger partial charge on any atom is -0.207 e. The zero-order valence-electron chi connectivity index (χ0n) is 55.7. The fourth-order valence-corrected chi connectivity index (χ4v) is 10.2. The van der Waals surface area contributed by atoms with Crippen molar-refractivity contribution in [1.29, 1.82) is 0 Å². The molecule has 7 rings (SSSR count). The van der Waals surface area contributed by atoms with Gasteiger partial charge in [-0.3, -0.25) is 0 Å². The van der Waals surface area contributed by atoms with Crippen LogP contribution in [0.3, 0.4) is 0 Å². The van der Waals surface area contributed by atoms with Crippen LogP contribution >= 0.6 is 66.7 Å². The first-order valence-corrected chi connectivity index (χ1v) is 31.3. The van der Waals surface area contributed by atoms with Crippen LogP contribution in [0.2, 0.25) is 15.1 Å². The number of hydrogen-bond acceptors (Lipinski definition) is 0. The molecular weight excluding hydrogens is 1310 g/mol. The average molecular weight is 1400 g/mol. The normalized spacial score (nSPS) is 11.6. The second kappa shape index (κ2) is 33.4. The summed E-state index contributed by atoms with van der Waals surface area (Å²) in [5, 5.41) is 0.227. The van der Waals surface area contributed by atoms with E-state index in [9.17, 15) is 30.7 Å². The Hall–Kier alpha value is -5.00. The SMILES string of the molecule is C#Cc1cc(C(C)(C)C)ccc1F.C#Cc1cccc(C(C)(C)C)c1.CC(C)(C)c1ccc(F)c(Cl)c1Br.CC(C)(C)c1ccc(F)c(Cl)c1F.CC(C)(C)c1ccc(F)cc1Br.Cc1cc(C(C)(C)C)c(F)cc1Cl.Cc1cc(C(C)(C)C)ccc1F. The Morgan fingerprint density at radius 1 is 0.364 bits per heavy atom. The van der Waals surface area contributed by atoms with Crippen molar-refractivity contribution in [1.82, 2.24) is 0 Å². The maximum Gasteiger partial charge on any atom is 0.148 e. The van der Waals surface area contributed by atoms with Crippen LogP contribution < -0.4 is 0 Å². The van der Waals surface area contributed by atoms with Crippen molar-refractivity contribution >= 4 is 66.7 Å². The highest BCUT2D eigenvalue weighted by atomic mass is 79.9. The molecule has 88 heavy (non-hydrogen) atoms. The minimum atomic E-state index is -0.716. The molecule has 0 unspecified atom stereocenters. The molecule has 0 N–H and O–H groups in total. The first kappa shape index (κ1) is 81.0. The summed E-state index contributed by atoms with van der Waals surface area (Å²) in [7, 11) is 0. The highest BCUT2D eigenvalue weighted by molar-refractivity contribution is 9.11. The Morgan fingerprint density at radius 3 is 1.22 bits per heavy atom. The van der Waals surface area contributed by atoms with Crippen molar-refractivity contribution in [2.75, 3.05) is 0 Å². The number of terminal acetylenes is 2. The second-order valence-corrected chi connectivity index (χ2v) is 31.2. The van der Waals surface area contributed by atoms with Crippen molar-refractivity contribution in [2.24, 2.45) is 0 Å². The van der Waals surface area contributed by atoms with Gasteiger partial charge in [0.1, 0.15) is 45.7 Å². The van der Waals surface area contributed by atoms with Gasteiger partial charge in [0, 0.05) is 19.5 Å². The number of halogens is 12. The number of rotatable bonds is 0. The molecule has 0 aliphatic carbocycles. The number of hydrogen-bond donors (Lipinski definition) is 0. The quantitative estimate of drug-likeness (QED) is 0.0807. The van der Waals surface area contributed by atoms with E-state index >= 15 is 0 Å². The average Bonchev–Trinajstić information content (AvgIpc) is 1.97. The van der Waals surface area contributed by atoms with Gasteiger partial charge in [0.2, 0.25) is 0 Å². The Bertz CT molecular complexity index is 3440. The molecule has 0 heterocycles. The van der Waals surface area contributed by atoms with E-state index in [-0.39, 0.29) is 72.0 Å². The Labute approximate surface area is 556 Å². The molecule has 7 aromatic rings. The molecule has 0 fully saturated rings. The van der Waals surface area contributed by atoms with Crippen LogP contribution in [0.25, 0.3) is 0 Å². The standard InChI is InChI=1S/C12H13F.C12H14.C11H14ClF.C11H15F.C10H11BrClF.C10H12BrF.C10H11ClF2/c1-5-9-8-10(12(2,3)4)6-7-11(9)13;1-5-10-7-6-8-11(9-10)12(2,3)4;1-7-5-8(11(2,3)4)10(13)6-9(7)12;1-8-7-9(11(2,3)4)5-6-10(8)12;1-10(2,3)6-4-5-7(13)9(12)8(6)11;1-10(2,3)8-5-4-7(12)6-9(8)11;1-10(2,3)6-4-5-7(12)8(11)9(6)13/h1,6-8H,2-4H3;1,6-9H,2-4H3;5-6H,1-4H3;5-7H,1-4H3;4-5H,1-3H3;4-6H,1-3H3;4-5H,1-3H3. The van der Waals surface area contributed by atoms with E-state index in [1.165, 1.54) is 59.7 Å². The van der Waals surface area contributed by atoms with E-state index in [2.05, 4.69) is 160 Å². The summed E-state index contributed by atoms with van der Waals surface area (Å²) in [5.41, 5.74) is 9.58. The predicted octanol–water partition coefficient (Wildman–Crippen LogP) is 25.9. The molecule has 12 heteroatoms. The molecule has 0 saturated heterocycles. The van der Waals surface area contributed by atoms with Crippen molar-refractivity contribution in [2.45, 2.75) is 197 Å². The van der Waals surface area contributed by atoms with Gasteiger partial charge in [0.25, 0.3) is 0 Å². The summed E-state index contributed by atoms with van der Waals surface area (Å²) in [4.78, 5) is 0. The lowest BCUT2D eigenvalue weighted by Crippen LogP contribution is -2.14. The first-order chi connectivity index (χ1) is 39.8.